The highest BCUT2D eigenvalue weighted by Crippen LogP contribution is 2.17. The average Bonchev–Trinajstić information content (AvgIpc) is 2.74. The van der Waals surface area contributed by atoms with E-state index in [1.165, 1.54) is 40.9 Å². The number of halogens is 2. The number of amides is 2. The van der Waals surface area contributed by atoms with Crippen LogP contribution in [0.2, 0.25) is 0 Å². The SMILES string of the molecule is CC[C@@H](C)NC(=O)[C@H](C)N(Cc1ccc(F)cc1)C(=O)CSCc1ccc(F)cc1. The molecular formula is C23H28F2N2O2S. The number of carbonyl (C=O) groups is 2. The summed E-state index contributed by atoms with van der Waals surface area (Å²) in [5, 5.41) is 2.91. The van der Waals surface area contributed by atoms with Gasteiger partial charge in [0.1, 0.15) is 17.7 Å². The molecule has 0 bridgehead atoms. The number of rotatable bonds is 10. The summed E-state index contributed by atoms with van der Waals surface area (Å²) in [7, 11) is 0. The van der Waals surface area contributed by atoms with Crippen molar-refractivity contribution in [2.45, 2.75) is 51.6 Å². The van der Waals surface area contributed by atoms with Crippen LogP contribution < -0.4 is 5.32 Å². The van der Waals surface area contributed by atoms with Crippen LogP contribution in [0.25, 0.3) is 0 Å². The van der Waals surface area contributed by atoms with Crippen LogP contribution in [0, 0.1) is 11.6 Å². The number of hydrogen-bond donors (Lipinski definition) is 1. The topological polar surface area (TPSA) is 49.4 Å². The van der Waals surface area contributed by atoms with Crippen molar-refractivity contribution in [3.05, 3.63) is 71.3 Å². The van der Waals surface area contributed by atoms with Gasteiger partial charge in [0.05, 0.1) is 5.75 Å². The first-order chi connectivity index (χ1) is 14.3. The standard InChI is InChI=1S/C23H28F2N2O2S/c1-4-16(2)26-23(29)17(3)27(13-18-5-9-20(24)10-6-18)22(28)15-30-14-19-7-11-21(25)12-8-19/h5-12,16-17H,4,13-15H2,1-3H3,(H,26,29)/t16-,17+/m1/s1. The third-order valence-electron chi connectivity index (χ3n) is 4.84. The van der Waals surface area contributed by atoms with Gasteiger partial charge in [-0.2, -0.15) is 0 Å². The fraction of sp³-hybridized carbons (Fsp3) is 0.391. The van der Waals surface area contributed by atoms with Crippen molar-refractivity contribution >= 4 is 23.6 Å². The Hall–Kier alpha value is -2.41. The van der Waals surface area contributed by atoms with E-state index in [0.717, 1.165) is 17.5 Å². The lowest BCUT2D eigenvalue weighted by molar-refractivity contribution is -0.138. The van der Waals surface area contributed by atoms with Crippen molar-refractivity contribution in [2.24, 2.45) is 0 Å². The molecule has 0 aliphatic carbocycles. The number of nitrogens with zero attached hydrogens (tertiary/aromatic N) is 1. The van der Waals surface area contributed by atoms with E-state index in [1.807, 2.05) is 13.8 Å². The molecular weight excluding hydrogens is 406 g/mol. The normalized spacial score (nSPS) is 12.8. The Morgan fingerprint density at radius 2 is 1.50 bits per heavy atom. The molecule has 0 saturated heterocycles. The molecule has 7 heteroatoms. The number of nitrogens with one attached hydrogen (secondary N) is 1. The molecule has 30 heavy (non-hydrogen) atoms. The number of benzene rings is 2. The maximum Gasteiger partial charge on any atom is 0.242 e. The Balaban J connectivity index is 2.06. The van der Waals surface area contributed by atoms with Crippen LogP contribution >= 0.6 is 11.8 Å². The van der Waals surface area contributed by atoms with Gasteiger partial charge < -0.3 is 10.2 Å². The summed E-state index contributed by atoms with van der Waals surface area (Å²) >= 11 is 1.40. The number of hydrogen-bond acceptors (Lipinski definition) is 3. The maximum atomic E-state index is 13.2. The zero-order chi connectivity index (χ0) is 22.1. The van der Waals surface area contributed by atoms with E-state index in [9.17, 15) is 18.4 Å². The molecule has 1 N–H and O–H groups in total. The molecule has 0 aliphatic rings. The molecule has 2 atom stereocenters. The lowest BCUT2D eigenvalue weighted by atomic mass is 10.1. The lowest BCUT2D eigenvalue weighted by Crippen LogP contribution is -2.50. The molecule has 0 radical (unpaired) electrons. The Bertz CT molecular complexity index is 828. The molecule has 0 fully saturated rings. The molecule has 0 spiro atoms. The second-order valence-corrected chi connectivity index (χ2v) is 8.25. The highest BCUT2D eigenvalue weighted by atomic mass is 32.2. The van der Waals surface area contributed by atoms with Gasteiger partial charge in [-0.05, 0) is 55.7 Å². The van der Waals surface area contributed by atoms with Crippen LogP contribution in [0.5, 0.6) is 0 Å². The second kappa shape index (κ2) is 11.7. The van der Waals surface area contributed by atoms with Gasteiger partial charge in [-0.15, -0.1) is 11.8 Å². The highest BCUT2D eigenvalue weighted by molar-refractivity contribution is 7.99. The first-order valence-electron chi connectivity index (χ1n) is 9.96. The van der Waals surface area contributed by atoms with E-state index in [-0.39, 0.29) is 41.8 Å². The minimum Gasteiger partial charge on any atom is -0.352 e. The van der Waals surface area contributed by atoms with Crippen LogP contribution in [-0.4, -0.2) is 34.6 Å². The summed E-state index contributed by atoms with van der Waals surface area (Å²) < 4.78 is 26.3. The first-order valence-corrected chi connectivity index (χ1v) is 11.1. The van der Waals surface area contributed by atoms with E-state index in [1.54, 1.807) is 31.2 Å². The Morgan fingerprint density at radius 3 is 2.03 bits per heavy atom. The van der Waals surface area contributed by atoms with Gasteiger partial charge >= 0.3 is 0 Å². The molecule has 2 aromatic rings. The summed E-state index contributed by atoms with van der Waals surface area (Å²) in [6, 6.07) is 11.4. The molecule has 2 amide bonds. The minimum absolute atomic E-state index is 0.00979. The van der Waals surface area contributed by atoms with Crippen molar-refractivity contribution in [1.82, 2.24) is 10.2 Å². The van der Waals surface area contributed by atoms with Crippen LogP contribution in [0.4, 0.5) is 8.78 Å². The van der Waals surface area contributed by atoms with Gasteiger partial charge in [-0.1, -0.05) is 31.2 Å². The van der Waals surface area contributed by atoms with Gasteiger partial charge in [0.25, 0.3) is 0 Å². The number of thioether (sulfide) groups is 1. The van der Waals surface area contributed by atoms with E-state index >= 15 is 0 Å². The zero-order valence-corrected chi connectivity index (χ0v) is 18.3. The van der Waals surface area contributed by atoms with E-state index in [2.05, 4.69) is 5.32 Å². The van der Waals surface area contributed by atoms with Gasteiger partial charge in [0.15, 0.2) is 0 Å². The summed E-state index contributed by atoms with van der Waals surface area (Å²) in [6.07, 6.45) is 0.790. The van der Waals surface area contributed by atoms with Crippen LogP contribution in [0.3, 0.4) is 0 Å². The molecule has 2 rings (SSSR count). The monoisotopic (exact) mass is 434 g/mol. The smallest absolute Gasteiger partial charge is 0.242 e. The predicted molar refractivity (Wildman–Crippen MR) is 117 cm³/mol. The summed E-state index contributed by atoms with van der Waals surface area (Å²) in [4.78, 5) is 27.1. The molecule has 0 aliphatic heterocycles. The van der Waals surface area contributed by atoms with Crippen molar-refractivity contribution in [3.63, 3.8) is 0 Å². The number of carbonyl (C=O) groups excluding carboxylic acids is 2. The quantitative estimate of drug-likeness (QED) is 0.598. The Kier molecular flexibility index (Phi) is 9.30. The summed E-state index contributed by atoms with van der Waals surface area (Å²) in [5.41, 5.74) is 1.67. The molecule has 0 heterocycles. The van der Waals surface area contributed by atoms with Crippen molar-refractivity contribution in [3.8, 4) is 0 Å². The fourth-order valence-electron chi connectivity index (χ4n) is 2.75. The fourth-order valence-corrected chi connectivity index (χ4v) is 3.63. The lowest BCUT2D eigenvalue weighted by Gasteiger charge is -2.29. The van der Waals surface area contributed by atoms with Crippen LogP contribution in [0.1, 0.15) is 38.3 Å². The largest absolute Gasteiger partial charge is 0.352 e. The van der Waals surface area contributed by atoms with Crippen LogP contribution in [-0.2, 0) is 21.9 Å². The van der Waals surface area contributed by atoms with E-state index in [0.29, 0.717) is 5.75 Å². The predicted octanol–water partition coefficient (Wildman–Crippen LogP) is 4.53. The maximum absolute atomic E-state index is 13.2. The summed E-state index contributed by atoms with van der Waals surface area (Å²) in [6.45, 7) is 5.80. The Morgan fingerprint density at radius 1 is 0.967 bits per heavy atom. The third kappa shape index (κ3) is 7.44. The average molecular weight is 435 g/mol. The van der Waals surface area contributed by atoms with Gasteiger partial charge in [-0.3, -0.25) is 9.59 Å². The molecule has 2 aromatic carbocycles. The zero-order valence-electron chi connectivity index (χ0n) is 17.5. The Labute approximate surface area is 181 Å². The summed E-state index contributed by atoms with van der Waals surface area (Å²) in [5.74, 6) is -0.314. The molecule has 0 unspecified atom stereocenters. The van der Waals surface area contributed by atoms with E-state index < -0.39 is 6.04 Å². The van der Waals surface area contributed by atoms with Crippen LogP contribution in [0.15, 0.2) is 48.5 Å². The molecule has 4 nitrogen and oxygen atoms in total. The highest BCUT2D eigenvalue weighted by Gasteiger charge is 2.26. The molecule has 162 valence electrons. The molecule has 0 aromatic heterocycles. The first kappa shape index (κ1) is 23.9. The van der Waals surface area contributed by atoms with Crippen molar-refractivity contribution in [1.29, 1.82) is 0 Å². The van der Waals surface area contributed by atoms with Gasteiger partial charge in [0, 0.05) is 18.3 Å². The van der Waals surface area contributed by atoms with Gasteiger partial charge in [-0.25, -0.2) is 8.78 Å². The van der Waals surface area contributed by atoms with Gasteiger partial charge in [0.2, 0.25) is 11.8 Å². The molecule has 0 saturated carbocycles. The second-order valence-electron chi connectivity index (χ2n) is 7.26. The van der Waals surface area contributed by atoms with E-state index in [4.69, 9.17) is 0 Å². The third-order valence-corrected chi connectivity index (χ3v) is 5.83. The van der Waals surface area contributed by atoms with Crippen molar-refractivity contribution in [2.75, 3.05) is 5.75 Å². The minimum atomic E-state index is -0.664. The van der Waals surface area contributed by atoms with Crippen molar-refractivity contribution < 1.29 is 18.4 Å².